The fourth-order valence-electron chi connectivity index (χ4n) is 3.38. The number of fused-ring (bicyclic) bond motifs is 2. The number of carbonyl (C=O) groups excluding carboxylic acids is 1. The van der Waals surface area contributed by atoms with Crippen molar-refractivity contribution in [1.82, 2.24) is 5.32 Å². The Balaban J connectivity index is 1.99. The first-order valence-electron chi connectivity index (χ1n) is 6.56. The molecule has 5 atom stereocenters. The van der Waals surface area contributed by atoms with Crippen molar-refractivity contribution in [2.45, 2.75) is 45.2 Å². The van der Waals surface area contributed by atoms with Crippen molar-refractivity contribution in [3.63, 3.8) is 0 Å². The van der Waals surface area contributed by atoms with E-state index in [2.05, 4.69) is 11.2 Å². The first-order valence-corrected chi connectivity index (χ1v) is 6.56. The van der Waals surface area contributed by atoms with Crippen LogP contribution in [0.1, 0.15) is 33.1 Å². The van der Waals surface area contributed by atoms with Crippen molar-refractivity contribution in [2.24, 2.45) is 29.4 Å². The molecule has 0 radical (unpaired) electrons. The minimum absolute atomic E-state index is 0.0108. The summed E-state index contributed by atoms with van der Waals surface area (Å²) in [4.78, 5) is 12.2. The number of nitrogens with one attached hydrogen (secondary N) is 1. The van der Waals surface area contributed by atoms with E-state index in [1.807, 2.05) is 13.8 Å². The van der Waals surface area contributed by atoms with Crippen molar-refractivity contribution in [1.29, 1.82) is 0 Å². The van der Waals surface area contributed by atoms with E-state index in [9.17, 15) is 4.79 Å². The summed E-state index contributed by atoms with van der Waals surface area (Å²) in [6.07, 6.45) is 8.91. The van der Waals surface area contributed by atoms with Crippen LogP contribution >= 0.6 is 0 Å². The van der Waals surface area contributed by atoms with Crippen LogP contribution in [0.3, 0.4) is 0 Å². The second kappa shape index (κ2) is 4.70. The molecule has 0 aromatic carbocycles. The monoisotopic (exact) mass is 234 g/mol. The van der Waals surface area contributed by atoms with Gasteiger partial charge in [-0.05, 0) is 37.0 Å². The number of rotatable bonds is 3. The minimum Gasteiger partial charge on any atom is -0.342 e. The van der Waals surface area contributed by atoms with Gasteiger partial charge < -0.3 is 11.1 Å². The van der Waals surface area contributed by atoms with Crippen LogP contribution in [-0.4, -0.2) is 18.0 Å². The molecular formula is C14H22N2O. The van der Waals surface area contributed by atoms with E-state index < -0.39 is 0 Å². The standard InChI is InChI=1S/C14H22N2O/c1-4-11(8(2)3)16-14(17)12-9-5-6-10(7-9)13(12)15/h1,8-13H,5-7,15H2,2-3H3,(H,16,17). The molecule has 0 heterocycles. The Kier molecular flexibility index (Phi) is 3.44. The molecule has 2 rings (SSSR count). The SMILES string of the molecule is C#CC(NC(=O)C1C2CCC(C2)C1N)C(C)C. The summed E-state index contributed by atoms with van der Waals surface area (Å²) in [6.45, 7) is 4.04. The van der Waals surface area contributed by atoms with Crippen molar-refractivity contribution >= 4 is 5.91 Å². The molecule has 0 aliphatic heterocycles. The van der Waals surface area contributed by atoms with Gasteiger partial charge in [0.1, 0.15) is 0 Å². The van der Waals surface area contributed by atoms with E-state index in [-0.39, 0.29) is 29.8 Å². The molecule has 2 aliphatic rings. The van der Waals surface area contributed by atoms with Gasteiger partial charge >= 0.3 is 0 Å². The van der Waals surface area contributed by atoms with Gasteiger partial charge in [0.25, 0.3) is 0 Å². The first-order chi connectivity index (χ1) is 8.04. The molecule has 0 spiro atoms. The maximum atomic E-state index is 12.2. The van der Waals surface area contributed by atoms with Crippen LogP contribution in [0.5, 0.6) is 0 Å². The Morgan fingerprint density at radius 1 is 1.41 bits per heavy atom. The number of nitrogens with two attached hydrogens (primary N) is 1. The fourth-order valence-corrected chi connectivity index (χ4v) is 3.38. The zero-order valence-electron chi connectivity index (χ0n) is 10.6. The largest absolute Gasteiger partial charge is 0.342 e. The maximum Gasteiger partial charge on any atom is 0.225 e. The van der Waals surface area contributed by atoms with Crippen LogP contribution in [0.15, 0.2) is 0 Å². The summed E-state index contributed by atoms with van der Waals surface area (Å²) in [5.41, 5.74) is 6.15. The predicted octanol–water partition coefficient (Wildman–Crippen LogP) is 1.13. The fraction of sp³-hybridized carbons (Fsp3) is 0.786. The summed E-state index contributed by atoms with van der Waals surface area (Å²) in [5.74, 6) is 4.01. The number of carbonyl (C=O) groups is 1. The first kappa shape index (κ1) is 12.4. The third-order valence-electron chi connectivity index (χ3n) is 4.43. The van der Waals surface area contributed by atoms with Gasteiger partial charge in [-0.15, -0.1) is 6.42 Å². The van der Waals surface area contributed by atoms with E-state index in [0.717, 1.165) is 12.8 Å². The van der Waals surface area contributed by atoms with E-state index in [1.54, 1.807) is 0 Å². The molecule has 3 nitrogen and oxygen atoms in total. The zero-order valence-corrected chi connectivity index (χ0v) is 10.6. The van der Waals surface area contributed by atoms with E-state index in [4.69, 9.17) is 12.2 Å². The molecule has 0 saturated heterocycles. The molecular weight excluding hydrogens is 212 g/mol. The summed E-state index contributed by atoms with van der Waals surface area (Å²) < 4.78 is 0. The highest BCUT2D eigenvalue weighted by Gasteiger charge is 2.49. The summed E-state index contributed by atoms with van der Waals surface area (Å²) >= 11 is 0. The highest BCUT2D eigenvalue weighted by atomic mass is 16.2. The second-order valence-electron chi connectivity index (χ2n) is 5.83. The predicted molar refractivity (Wildman–Crippen MR) is 67.9 cm³/mol. The minimum atomic E-state index is -0.172. The van der Waals surface area contributed by atoms with Gasteiger partial charge in [0.05, 0.1) is 12.0 Å². The van der Waals surface area contributed by atoms with Gasteiger partial charge in [-0.1, -0.05) is 19.8 Å². The Labute approximate surface area is 104 Å². The lowest BCUT2D eigenvalue weighted by molar-refractivity contribution is -0.127. The summed E-state index contributed by atoms with van der Waals surface area (Å²) in [7, 11) is 0. The molecule has 2 bridgehead atoms. The van der Waals surface area contributed by atoms with Gasteiger partial charge in [0.2, 0.25) is 5.91 Å². The van der Waals surface area contributed by atoms with Crippen LogP contribution in [0, 0.1) is 36.0 Å². The topological polar surface area (TPSA) is 55.1 Å². The van der Waals surface area contributed by atoms with Crippen LogP contribution < -0.4 is 11.1 Å². The van der Waals surface area contributed by atoms with Crippen LogP contribution in [0.2, 0.25) is 0 Å². The van der Waals surface area contributed by atoms with Gasteiger partial charge in [0.15, 0.2) is 0 Å². The van der Waals surface area contributed by atoms with Crippen molar-refractivity contribution in [3.05, 3.63) is 0 Å². The third kappa shape index (κ3) is 2.19. The van der Waals surface area contributed by atoms with Crippen molar-refractivity contribution in [2.75, 3.05) is 0 Å². The molecule has 3 heteroatoms. The molecule has 17 heavy (non-hydrogen) atoms. The Morgan fingerprint density at radius 3 is 2.53 bits per heavy atom. The molecule has 2 saturated carbocycles. The number of hydrogen-bond donors (Lipinski definition) is 2. The van der Waals surface area contributed by atoms with E-state index in [0.29, 0.717) is 11.8 Å². The lowest BCUT2D eigenvalue weighted by Crippen LogP contribution is -2.48. The third-order valence-corrected chi connectivity index (χ3v) is 4.43. The van der Waals surface area contributed by atoms with Gasteiger partial charge in [-0.3, -0.25) is 4.79 Å². The molecule has 0 aromatic heterocycles. The molecule has 94 valence electrons. The molecule has 0 aromatic rings. The van der Waals surface area contributed by atoms with E-state index >= 15 is 0 Å². The van der Waals surface area contributed by atoms with Crippen molar-refractivity contribution in [3.8, 4) is 12.3 Å². The smallest absolute Gasteiger partial charge is 0.225 e. The average molecular weight is 234 g/mol. The quantitative estimate of drug-likeness (QED) is 0.719. The lowest BCUT2D eigenvalue weighted by atomic mass is 9.84. The Hall–Kier alpha value is -1.01. The maximum absolute atomic E-state index is 12.2. The molecule has 5 unspecified atom stereocenters. The van der Waals surface area contributed by atoms with Gasteiger partial charge in [-0.25, -0.2) is 0 Å². The van der Waals surface area contributed by atoms with Crippen LogP contribution in [-0.2, 0) is 4.79 Å². The Bertz CT molecular complexity index is 343. The average Bonchev–Trinajstić information content (AvgIpc) is 2.85. The highest BCUT2D eigenvalue weighted by molar-refractivity contribution is 5.81. The van der Waals surface area contributed by atoms with Crippen LogP contribution in [0.25, 0.3) is 0 Å². The molecule has 2 fully saturated rings. The summed E-state index contributed by atoms with van der Waals surface area (Å²) in [5, 5.41) is 2.97. The molecule has 2 aliphatic carbocycles. The second-order valence-corrected chi connectivity index (χ2v) is 5.83. The lowest BCUT2D eigenvalue weighted by Gasteiger charge is -2.28. The van der Waals surface area contributed by atoms with Gasteiger partial charge in [0, 0.05) is 6.04 Å². The Morgan fingerprint density at radius 2 is 2.06 bits per heavy atom. The number of hydrogen-bond acceptors (Lipinski definition) is 2. The normalized spacial score (nSPS) is 36.9. The van der Waals surface area contributed by atoms with Crippen LogP contribution in [0.4, 0.5) is 0 Å². The molecule has 1 amide bonds. The number of terminal acetylenes is 1. The summed E-state index contributed by atoms with van der Waals surface area (Å²) in [6, 6.07) is -0.131. The number of amides is 1. The highest BCUT2D eigenvalue weighted by Crippen LogP contribution is 2.47. The molecule has 3 N–H and O–H groups in total. The van der Waals surface area contributed by atoms with E-state index in [1.165, 1.54) is 6.42 Å². The van der Waals surface area contributed by atoms with Gasteiger partial charge in [-0.2, -0.15) is 0 Å². The zero-order chi connectivity index (χ0) is 12.6. The van der Waals surface area contributed by atoms with Crippen molar-refractivity contribution < 1.29 is 4.79 Å².